The van der Waals surface area contributed by atoms with E-state index in [1.54, 1.807) is 7.11 Å². The molecule has 0 fully saturated rings. The first-order chi connectivity index (χ1) is 13.8. The van der Waals surface area contributed by atoms with Crippen molar-refractivity contribution in [3.63, 3.8) is 0 Å². The average molecular weight is 371 g/mol. The Morgan fingerprint density at radius 1 is 0.821 bits per heavy atom. The second-order valence-electron chi connectivity index (χ2n) is 5.92. The van der Waals surface area contributed by atoms with Crippen LogP contribution >= 0.6 is 0 Å². The van der Waals surface area contributed by atoms with Crippen LogP contribution in [0.3, 0.4) is 0 Å². The lowest BCUT2D eigenvalue weighted by atomic mass is 10.0. The van der Waals surface area contributed by atoms with Crippen molar-refractivity contribution in [2.24, 2.45) is 0 Å². The van der Waals surface area contributed by atoms with Crippen LogP contribution in [0.25, 0.3) is 11.1 Å². The second kappa shape index (κ2) is 9.84. The lowest BCUT2D eigenvalue weighted by Crippen LogP contribution is -2.23. The molecule has 0 aliphatic carbocycles. The summed E-state index contributed by atoms with van der Waals surface area (Å²) in [4.78, 5) is 12.2. The zero-order valence-corrected chi connectivity index (χ0v) is 15.6. The van der Waals surface area contributed by atoms with Crippen molar-refractivity contribution in [3.8, 4) is 34.5 Å². The number of carbonyl (C=O) groups excluding carboxylic acids is 1. The maximum absolute atomic E-state index is 12.2. The predicted molar refractivity (Wildman–Crippen MR) is 110 cm³/mol. The smallest absolute Gasteiger partial charge is 0.252 e. The molecule has 0 bridgehead atoms. The molecule has 3 rings (SSSR count). The Kier molecular flexibility index (Phi) is 6.70. The fourth-order valence-electron chi connectivity index (χ4n) is 2.64. The summed E-state index contributed by atoms with van der Waals surface area (Å²) in [7, 11) is 1.59. The zero-order valence-electron chi connectivity index (χ0n) is 15.6. The van der Waals surface area contributed by atoms with Crippen LogP contribution in [0.5, 0.6) is 11.5 Å². The van der Waals surface area contributed by atoms with Gasteiger partial charge in [-0.3, -0.25) is 4.79 Å². The van der Waals surface area contributed by atoms with Crippen LogP contribution < -0.4 is 14.8 Å². The molecule has 0 spiro atoms. The number of ether oxygens (including phenoxy) is 2. The highest BCUT2D eigenvalue weighted by atomic mass is 16.5. The Bertz CT molecular complexity index is 970. The maximum atomic E-state index is 12.2. The number of methoxy groups -OCH3 is 1. The first-order valence-electron chi connectivity index (χ1n) is 8.93. The number of amides is 1. The van der Waals surface area contributed by atoms with Crippen LogP contribution in [0.1, 0.15) is 10.4 Å². The van der Waals surface area contributed by atoms with Crippen molar-refractivity contribution >= 4 is 5.91 Å². The molecular formula is C24H21NO3. The summed E-state index contributed by atoms with van der Waals surface area (Å²) in [6.45, 7) is 0.483. The van der Waals surface area contributed by atoms with Crippen LogP contribution in [-0.2, 0) is 0 Å². The van der Waals surface area contributed by atoms with E-state index in [2.05, 4.69) is 17.2 Å². The molecule has 0 aromatic heterocycles. The fraction of sp³-hybridized carbons (Fsp3) is 0.125. The van der Waals surface area contributed by atoms with Gasteiger partial charge in [-0.05, 0) is 35.4 Å². The Morgan fingerprint density at radius 2 is 1.46 bits per heavy atom. The SMILES string of the molecule is COc1ccccc1OCC#CCNC(=O)c1ccc(-c2ccccc2)cc1. The summed E-state index contributed by atoms with van der Waals surface area (Å²) >= 11 is 0. The normalized spacial score (nSPS) is 9.75. The molecule has 0 aliphatic rings. The molecule has 0 saturated carbocycles. The molecule has 1 amide bonds. The van der Waals surface area contributed by atoms with Gasteiger partial charge in [0, 0.05) is 5.56 Å². The molecule has 0 saturated heterocycles. The van der Waals surface area contributed by atoms with Crippen molar-refractivity contribution in [1.82, 2.24) is 5.32 Å². The summed E-state index contributed by atoms with van der Waals surface area (Å²) in [5, 5.41) is 2.79. The van der Waals surface area contributed by atoms with Gasteiger partial charge in [0.15, 0.2) is 11.5 Å². The van der Waals surface area contributed by atoms with Crippen LogP contribution in [0.4, 0.5) is 0 Å². The van der Waals surface area contributed by atoms with Crippen LogP contribution in [0.2, 0.25) is 0 Å². The quantitative estimate of drug-likeness (QED) is 0.662. The van der Waals surface area contributed by atoms with E-state index in [-0.39, 0.29) is 19.1 Å². The summed E-state index contributed by atoms with van der Waals surface area (Å²) in [5.41, 5.74) is 2.80. The number of carbonyl (C=O) groups is 1. The summed E-state index contributed by atoms with van der Waals surface area (Å²) < 4.78 is 10.8. The van der Waals surface area contributed by atoms with Gasteiger partial charge < -0.3 is 14.8 Å². The maximum Gasteiger partial charge on any atom is 0.252 e. The number of para-hydroxylation sites is 2. The van der Waals surface area contributed by atoms with Crippen LogP contribution in [0, 0.1) is 11.8 Å². The first-order valence-corrected chi connectivity index (χ1v) is 8.93. The van der Waals surface area contributed by atoms with Crippen molar-refractivity contribution < 1.29 is 14.3 Å². The van der Waals surface area contributed by atoms with Gasteiger partial charge in [-0.15, -0.1) is 0 Å². The van der Waals surface area contributed by atoms with Crippen molar-refractivity contribution in [1.29, 1.82) is 0 Å². The Labute approximate surface area is 165 Å². The van der Waals surface area contributed by atoms with Gasteiger partial charge in [-0.2, -0.15) is 0 Å². The first kappa shape index (κ1) is 19.1. The van der Waals surface area contributed by atoms with E-state index >= 15 is 0 Å². The molecule has 0 aliphatic heterocycles. The van der Waals surface area contributed by atoms with E-state index in [0.29, 0.717) is 17.1 Å². The number of nitrogens with one attached hydrogen (secondary N) is 1. The second-order valence-corrected chi connectivity index (χ2v) is 5.92. The van der Waals surface area contributed by atoms with Crippen molar-refractivity contribution in [2.45, 2.75) is 0 Å². The Morgan fingerprint density at radius 3 is 2.18 bits per heavy atom. The lowest BCUT2D eigenvalue weighted by molar-refractivity contribution is 0.0958. The molecule has 3 aromatic carbocycles. The van der Waals surface area contributed by atoms with E-state index in [0.717, 1.165) is 11.1 Å². The highest BCUT2D eigenvalue weighted by molar-refractivity contribution is 5.94. The molecule has 140 valence electrons. The predicted octanol–water partition coefficient (Wildman–Crippen LogP) is 4.17. The molecule has 4 heteroatoms. The minimum atomic E-state index is -0.153. The third kappa shape index (κ3) is 5.15. The highest BCUT2D eigenvalue weighted by Gasteiger charge is 2.04. The van der Waals surface area contributed by atoms with E-state index < -0.39 is 0 Å². The van der Waals surface area contributed by atoms with Gasteiger partial charge in [-0.25, -0.2) is 0 Å². The average Bonchev–Trinajstić information content (AvgIpc) is 2.77. The van der Waals surface area contributed by atoms with E-state index in [1.165, 1.54) is 0 Å². The number of rotatable bonds is 6. The largest absolute Gasteiger partial charge is 0.493 e. The minimum absolute atomic E-state index is 0.153. The lowest BCUT2D eigenvalue weighted by Gasteiger charge is -2.07. The van der Waals surface area contributed by atoms with Crippen molar-refractivity contribution in [2.75, 3.05) is 20.3 Å². The van der Waals surface area contributed by atoms with Gasteiger partial charge in [0.1, 0.15) is 6.61 Å². The summed E-state index contributed by atoms with van der Waals surface area (Å²) in [6.07, 6.45) is 0. The molecule has 28 heavy (non-hydrogen) atoms. The van der Waals surface area contributed by atoms with Gasteiger partial charge in [0.25, 0.3) is 5.91 Å². The molecule has 3 aromatic rings. The standard InChI is InChI=1S/C24H21NO3/c1-27-22-11-5-6-12-23(22)28-18-8-7-17-25-24(26)21-15-13-20(14-16-21)19-9-3-2-4-10-19/h2-6,9-16H,17-18H2,1H3,(H,25,26). The van der Waals surface area contributed by atoms with E-state index in [9.17, 15) is 4.79 Å². The minimum Gasteiger partial charge on any atom is -0.493 e. The monoisotopic (exact) mass is 371 g/mol. The van der Waals surface area contributed by atoms with Crippen LogP contribution in [-0.4, -0.2) is 26.2 Å². The zero-order chi connectivity index (χ0) is 19.6. The van der Waals surface area contributed by atoms with Crippen LogP contribution in [0.15, 0.2) is 78.9 Å². The molecule has 0 radical (unpaired) electrons. The number of hydrogen-bond acceptors (Lipinski definition) is 3. The molecule has 0 unspecified atom stereocenters. The summed E-state index contributed by atoms with van der Waals surface area (Å²) in [5.74, 6) is 6.91. The van der Waals surface area contributed by atoms with Gasteiger partial charge in [0.2, 0.25) is 0 Å². The van der Waals surface area contributed by atoms with Gasteiger partial charge in [-0.1, -0.05) is 66.4 Å². The summed E-state index contributed by atoms with van der Waals surface area (Å²) in [6, 6.07) is 24.9. The third-order valence-corrected chi connectivity index (χ3v) is 4.09. The molecule has 4 nitrogen and oxygen atoms in total. The Hall–Kier alpha value is -3.71. The van der Waals surface area contributed by atoms with Gasteiger partial charge >= 0.3 is 0 Å². The molecule has 0 heterocycles. The van der Waals surface area contributed by atoms with Gasteiger partial charge in [0.05, 0.1) is 13.7 Å². The van der Waals surface area contributed by atoms with E-state index in [1.807, 2.05) is 78.9 Å². The Balaban J connectivity index is 1.46. The van der Waals surface area contributed by atoms with Crippen molar-refractivity contribution in [3.05, 3.63) is 84.4 Å². The molecule has 0 atom stereocenters. The molecule has 1 N–H and O–H groups in total. The van der Waals surface area contributed by atoms with E-state index in [4.69, 9.17) is 9.47 Å². The fourth-order valence-corrected chi connectivity index (χ4v) is 2.64. The molecular weight excluding hydrogens is 350 g/mol. The number of benzene rings is 3. The number of hydrogen-bond donors (Lipinski definition) is 1. The topological polar surface area (TPSA) is 47.6 Å². The highest BCUT2D eigenvalue weighted by Crippen LogP contribution is 2.25. The third-order valence-electron chi connectivity index (χ3n) is 4.09.